The van der Waals surface area contributed by atoms with Gasteiger partial charge in [0.05, 0.1) is 55.9 Å². The minimum absolute atomic E-state index is 0.133. The van der Waals surface area contributed by atoms with E-state index in [-0.39, 0.29) is 34.8 Å². The summed E-state index contributed by atoms with van der Waals surface area (Å²) in [5.41, 5.74) is -20.6. The maximum atomic E-state index is 15.7. The van der Waals surface area contributed by atoms with Gasteiger partial charge in [0, 0.05) is 13.6 Å². The molecule has 0 spiro atoms. The number of anilines is 2. The number of carbonyl (C=O) groups is 8. The van der Waals surface area contributed by atoms with Crippen LogP contribution in [0, 0.1) is 30.6 Å². The molecule has 0 aromatic heterocycles. The summed E-state index contributed by atoms with van der Waals surface area (Å²) in [4.78, 5) is 111. The maximum Gasteiger partial charge on any atom is 0.411 e. The number of halogens is 12. The molecule has 11 rings (SSSR count). The zero-order chi connectivity index (χ0) is 64.5. The molecule has 5 aliphatic rings. The van der Waals surface area contributed by atoms with E-state index in [2.05, 4.69) is 0 Å². The number of carbonyl (C=O) groups excluding carboxylic acids is 8. The number of alkyl halides is 12. The van der Waals surface area contributed by atoms with Crippen molar-refractivity contribution in [2.24, 2.45) is 16.7 Å². The lowest BCUT2D eigenvalue weighted by Crippen LogP contribution is -2.55. The lowest BCUT2D eigenvalue weighted by molar-refractivity contribution is -0.290. The monoisotopic (exact) mass is 1230 g/mol. The van der Waals surface area contributed by atoms with E-state index in [4.69, 9.17) is 0 Å². The molecular formula is C64H48F12N4O8. The molecule has 1 aliphatic carbocycles. The van der Waals surface area contributed by atoms with Gasteiger partial charge in [-0.05, 0) is 167 Å². The van der Waals surface area contributed by atoms with Crippen molar-refractivity contribution in [3.8, 4) is 11.1 Å². The zero-order valence-electron chi connectivity index (χ0n) is 47.4. The van der Waals surface area contributed by atoms with E-state index in [9.17, 15) is 38.4 Å². The molecule has 8 amide bonds. The van der Waals surface area contributed by atoms with Crippen LogP contribution in [0.25, 0.3) is 11.1 Å². The van der Waals surface area contributed by atoms with E-state index >= 15 is 52.7 Å². The van der Waals surface area contributed by atoms with Gasteiger partial charge in [0.1, 0.15) is 0 Å². The number of nitrogens with zero attached hydrogens (tertiary/aromatic N) is 4. The molecule has 2 unspecified atom stereocenters. The van der Waals surface area contributed by atoms with Gasteiger partial charge in [-0.1, -0.05) is 64.1 Å². The molecule has 12 nitrogen and oxygen atoms in total. The normalized spacial score (nSPS) is 19.8. The van der Waals surface area contributed by atoms with Crippen LogP contribution in [0.2, 0.25) is 0 Å². The summed E-state index contributed by atoms with van der Waals surface area (Å²) >= 11 is 0. The molecule has 456 valence electrons. The van der Waals surface area contributed by atoms with Crippen LogP contribution in [0.3, 0.4) is 0 Å². The third kappa shape index (κ3) is 8.72. The van der Waals surface area contributed by atoms with Crippen molar-refractivity contribution in [3.05, 3.63) is 187 Å². The van der Waals surface area contributed by atoms with Crippen molar-refractivity contribution in [2.75, 3.05) is 23.4 Å². The van der Waals surface area contributed by atoms with Gasteiger partial charge in [0.2, 0.25) is 10.8 Å². The van der Waals surface area contributed by atoms with Crippen molar-refractivity contribution in [1.29, 1.82) is 0 Å². The SMILES string of the molecule is Cc1cc(N2C(=O)c3ccc(C(c4ccc5c(c4)C(=O)N(C)C5=O)(C(F)(F)F)C(F)(F)F)cc3C2=O)ccc1-c1ccc(N2C(=O)c3ccc(C(c4ccc5c(c4)C(=O)N(CC4(C)CC(C)CC(C)(C)C4)C5=O)(C(F)(F)F)C(F)(F)F)cc3C2=O)cc1C. The van der Waals surface area contributed by atoms with E-state index in [1.54, 1.807) is 0 Å². The maximum absolute atomic E-state index is 15.7. The zero-order valence-corrected chi connectivity index (χ0v) is 47.4. The van der Waals surface area contributed by atoms with Gasteiger partial charge < -0.3 is 0 Å². The molecule has 0 radical (unpaired) electrons. The highest BCUT2D eigenvalue weighted by molar-refractivity contribution is 6.35. The molecule has 4 heterocycles. The summed E-state index contributed by atoms with van der Waals surface area (Å²) in [5.74, 6) is -8.71. The fourth-order valence-corrected chi connectivity index (χ4v) is 14.5. The first-order chi connectivity index (χ1) is 40.7. The third-order valence-electron chi connectivity index (χ3n) is 17.7. The van der Waals surface area contributed by atoms with Gasteiger partial charge in [-0.2, -0.15) is 52.7 Å². The van der Waals surface area contributed by atoms with Gasteiger partial charge in [-0.15, -0.1) is 0 Å². The smallest absolute Gasteiger partial charge is 0.277 e. The number of amides is 8. The molecule has 6 aromatic carbocycles. The van der Waals surface area contributed by atoms with Crippen LogP contribution in [0.4, 0.5) is 64.1 Å². The Morgan fingerprint density at radius 3 is 1.05 bits per heavy atom. The first-order valence-electron chi connectivity index (χ1n) is 27.2. The number of imide groups is 4. The van der Waals surface area contributed by atoms with Crippen LogP contribution in [-0.2, 0) is 10.8 Å². The Morgan fingerprint density at radius 1 is 0.398 bits per heavy atom. The molecule has 88 heavy (non-hydrogen) atoms. The van der Waals surface area contributed by atoms with E-state index in [0.717, 1.165) is 24.4 Å². The molecule has 4 aliphatic heterocycles. The average molecular weight is 1230 g/mol. The number of rotatable bonds is 9. The van der Waals surface area contributed by atoms with Gasteiger partial charge in [-0.3, -0.25) is 48.2 Å². The van der Waals surface area contributed by atoms with E-state index in [0.29, 0.717) is 117 Å². The van der Waals surface area contributed by atoms with Crippen LogP contribution in [0.15, 0.2) is 109 Å². The Kier molecular flexibility index (Phi) is 13.5. The van der Waals surface area contributed by atoms with Crippen LogP contribution in [0.1, 0.15) is 163 Å². The fourth-order valence-electron chi connectivity index (χ4n) is 14.5. The Morgan fingerprint density at radius 2 is 0.693 bits per heavy atom. The Labute approximate surface area is 492 Å². The van der Waals surface area contributed by atoms with Gasteiger partial charge in [0.25, 0.3) is 47.3 Å². The first kappa shape index (κ1) is 60.7. The second-order valence-electron chi connectivity index (χ2n) is 24.5. The highest BCUT2D eigenvalue weighted by Gasteiger charge is 2.74. The minimum atomic E-state index is -6.22. The fraction of sp³-hybridized carbons (Fsp3) is 0.312. The van der Waals surface area contributed by atoms with Crippen molar-refractivity contribution < 1.29 is 91.0 Å². The predicted molar refractivity (Wildman–Crippen MR) is 292 cm³/mol. The first-order valence-corrected chi connectivity index (χ1v) is 27.2. The molecule has 1 saturated carbocycles. The topological polar surface area (TPSA) is 150 Å². The highest BCUT2D eigenvalue weighted by atomic mass is 19.4. The molecule has 0 bridgehead atoms. The lowest BCUT2D eigenvalue weighted by atomic mass is 9.61. The van der Waals surface area contributed by atoms with Crippen molar-refractivity contribution >= 4 is 58.6 Å². The van der Waals surface area contributed by atoms with Crippen molar-refractivity contribution in [1.82, 2.24) is 9.80 Å². The van der Waals surface area contributed by atoms with Crippen molar-refractivity contribution in [2.45, 2.75) is 96.3 Å². The van der Waals surface area contributed by atoms with Gasteiger partial charge in [-0.25, -0.2) is 9.80 Å². The Hall–Kier alpha value is -8.96. The number of aryl methyl sites for hydroxylation is 2. The second kappa shape index (κ2) is 19.5. The Balaban J connectivity index is 0.871. The number of hydrogen-bond donors (Lipinski definition) is 0. The quantitative estimate of drug-likeness (QED) is 0.103. The largest absolute Gasteiger partial charge is 0.411 e. The Bertz CT molecular complexity index is 4130. The van der Waals surface area contributed by atoms with Crippen LogP contribution < -0.4 is 9.80 Å². The molecule has 2 atom stereocenters. The summed E-state index contributed by atoms with van der Waals surface area (Å²) in [6.45, 7) is 10.8. The summed E-state index contributed by atoms with van der Waals surface area (Å²) < 4.78 is 186. The molecule has 6 aromatic rings. The number of hydrogen-bond acceptors (Lipinski definition) is 8. The van der Waals surface area contributed by atoms with E-state index < -0.39 is 149 Å². The van der Waals surface area contributed by atoms with Crippen molar-refractivity contribution in [3.63, 3.8) is 0 Å². The standard InChI is InChI=1S/C64H48F12N4O8/c1-30-26-57(4,5)28-58(6,27-30)29-78-51(83)42-15-9-34(23-46(42)52(78)84)60(63(71,72)73,64(74,75)76)36-11-17-44-48(25-36)56(88)80(54(44)86)38-13-19-40(32(3)21-38)39-18-12-37(20-31(39)2)79-53(85)43-16-10-35(24-47(43)55(79)87)59(61(65,66)67,62(68,69)70)33-8-14-41-45(22-33)50(82)77(7)49(41)81/h8-25,30H,26-29H2,1-7H3. The summed E-state index contributed by atoms with van der Waals surface area (Å²) in [6, 6.07) is 13.7. The van der Waals surface area contributed by atoms with Crippen LogP contribution in [0.5, 0.6) is 0 Å². The van der Waals surface area contributed by atoms with Crippen LogP contribution in [-0.4, -0.2) is 95.4 Å². The highest BCUT2D eigenvalue weighted by Crippen LogP contribution is 2.59. The lowest BCUT2D eigenvalue weighted by Gasteiger charge is -2.47. The second-order valence-corrected chi connectivity index (χ2v) is 24.5. The molecule has 0 N–H and O–H groups in total. The molecule has 1 fully saturated rings. The minimum Gasteiger partial charge on any atom is -0.277 e. The molecular weight excluding hydrogens is 1180 g/mol. The average Bonchev–Trinajstić information content (AvgIpc) is 1.05. The summed E-state index contributed by atoms with van der Waals surface area (Å²) in [6.07, 6.45) is -22.8. The van der Waals surface area contributed by atoms with Gasteiger partial charge in [0.15, 0.2) is 0 Å². The summed E-state index contributed by atoms with van der Waals surface area (Å²) in [5, 5.41) is 0. The summed E-state index contributed by atoms with van der Waals surface area (Å²) in [7, 11) is 0.991. The third-order valence-corrected chi connectivity index (χ3v) is 17.7. The molecule has 24 heteroatoms. The van der Waals surface area contributed by atoms with Crippen LogP contribution >= 0.6 is 0 Å². The predicted octanol–water partition coefficient (Wildman–Crippen LogP) is 14.1. The van der Waals surface area contributed by atoms with E-state index in [1.807, 2.05) is 27.7 Å². The van der Waals surface area contributed by atoms with E-state index in [1.165, 1.54) is 50.2 Å². The van der Waals surface area contributed by atoms with Gasteiger partial charge >= 0.3 is 24.7 Å². The number of benzene rings is 6. The number of fused-ring (bicyclic) bond motifs is 4. The molecule has 0 saturated heterocycles.